The van der Waals surface area contributed by atoms with Gasteiger partial charge in [0.2, 0.25) is 0 Å². The molecule has 0 unspecified atom stereocenters. The van der Waals surface area contributed by atoms with Crippen molar-refractivity contribution in [3.63, 3.8) is 0 Å². The molecule has 0 aromatic heterocycles. The van der Waals surface area contributed by atoms with E-state index in [1.54, 1.807) is 12.1 Å². The van der Waals surface area contributed by atoms with Gasteiger partial charge in [-0.3, -0.25) is 0 Å². The molecule has 0 amide bonds. The summed E-state index contributed by atoms with van der Waals surface area (Å²) in [5, 5.41) is 0. The second-order valence-corrected chi connectivity index (χ2v) is 3.05. The summed E-state index contributed by atoms with van der Waals surface area (Å²) in [5.74, 6) is -0.177. The van der Waals surface area contributed by atoms with Crippen LogP contribution in [0.25, 0.3) is 0 Å². The Hall–Kier alpha value is -1.25. The largest absolute Gasteiger partial charge is 0.399 e. The molecule has 0 saturated carbocycles. The third-order valence-electron chi connectivity index (χ3n) is 2.17. The molecular formula is C9H11FN2. The van der Waals surface area contributed by atoms with Crippen molar-refractivity contribution in [2.24, 2.45) is 0 Å². The van der Waals surface area contributed by atoms with Crippen LogP contribution in [0.1, 0.15) is 6.42 Å². The number of hydrogen-bond donors (Lipinski definition) is 1. The van der Waals surface area contributed by atoms with E-state index < -0.39 is 0 Å². The van der Waals surface area contributed by atoms with Crippen molar-refractivity contribution in [3.05, 3.63) is 24.0 Å². The molecule has 1 aromatic carbocycles. The van der Waals surface area contributed by atoms with Gasteiger partial charge in [0.1, 0.15) is 5.82 Å². The molecule has 1 aromatic rings. The average Bonchev–Trinajstić information content (AvgIpc) is 1.93. The highest BCUT2D eigenvalue weighted by molar-refractivity contribution is 5.57. The van der Waals surface area contributed by atoms with Crippen LogP contribution in [0.3, 0.4) is 0 Å². The summed E-state index contributed by atoms with van der Waals surface area (Å²) in [7, 11) is 0. The van der Waals surface area contributed by atoms with Gasteiger partial charge in [0.15, 0.2) is 0 Å². The van der Waals surface area contributed by atoms with Crippen molar-refractivity contribution >= 4 is 11.4 Å². The summed E-state index contributed by atoms with van der Waals surface area (Å²) in [6.45, 7) is 1.89. The molecule has 0 radical (unpaired) electrons. The third-order valence-corrected chi connectivity index (χ3v) is 2.17. The summed E-state index contributed by atoms with van der Waals surface area (Å²) in [4.78, 5) is 1.99. The van der Waals surface area contributed by atoms with E-state index >= 15 is 0 Å². The van der Waals surface area contributed by atoms with E-state index in [2.05, 4.69) is 0 Å². The Bertz CT molecular complexity index is 295. The number of nitrogens with two attached hydrogens (primary N) is 1. The smallest absolute Gasteiger partial charge is 0.146 e. The van der Waals surface area contributed by atoms with Crippen LogP contribution in [-0.4, -0.2) is 13.1 Å². The van der Waals surface area contributed by atoms with Gasteiger partial charge in [-0.15, -0.1) is 0 Å². The first kappa shape index (κ1) is 7.40. The van der Waals surface area contributed by atoms with Gasteiger partial charge in [-0.2, -0.15) is 0 Å². The summed E-state index contributed by atoms with van der Waals surface area (Å²) in [6, 6.07) is 4.69. The Balaban J connectivity index is 2.34. The maximum atomic E-state index is 13.1. The molecule has 1 heterocycles. The number of nitrogen functional groups attached to an aromatic ring is 1. The van der Waals surface area contributed by atoms with E-state index in [9.17, 15) is 4.39 Å². The molecule has 1 aliphatic heterocycles. The molecule has 2 nitrogen and oxygen atoms in total. The molecule has 0 bridgehead atoms. The van der Waals surface area contributed by atoms with Gasteiger partial charge in [-0.05, 0) is 24.6 Å². The van der Waals surface area contributed by atoms with E-state index in [4.69, 9.17) is 5.73 Å². The van der Waals surface area contributed by atoms with Crippen molar-refractivity contribution in [1.82, 2.24) is 0 Å². The zero-order valence-electron chi connectivity index (χ0n) is 6.76. The molecule has 0 spiro atoms. The standard InChI is InChI=1S/C9H11FN2/c10-8-3-2-7(11)6-9(8)12-4-1-5-12/h2-3,6H,1,4-5,11H2. The molecule has 2 N–H and O–H groups in total. The lowest BCUT2D eigenvalue weighted by atomic mass is 10.1. The van der Waals surface area contributed by atoms with Gasteiger partial charge in [0.05, 0.1) is 5.69 Å². The Kier molecular flexibility index (Phi) is 1.64. The summed E-state index contributed by atoms with van der Waals surface area (Å²) in [6.07, 6.45) is 1.15. The van der Waals surface area contributed by atoms with Crippen molar-refractivity contribution in [2.45, 2.75) is 6.42 Å². The maximum absolute atomic E-state index is 13.1. The minimum Gasteiger partial charge on any atom is -0.399 e. The van der Waals surface area contributed by atoms with E-state index in [-0.39, 0.29) is 5.82 Å². The van der Waals surface area contributed by atoms with Crippen LogP contribution in [0.4, 0.5) is 15.8 Å². The molecule has 0 aliphatic carbocycles. The van der Waals surface area contributed by atoms with Crippen LogP contribution >= 0.6 is 0 Å². The summed E-state index contributed by atoms with van der Waals surface area (Å²) in [5.41, 5.74) is 6.81. The number of hydrogen-bond acceptors (Lipinski definition) is 2. The predicted octanol–water partition coefficient (Wildman–Crippen LogP) is 1.62. The molecule has 3 heteroatoms. The highest BCUT2D eigenvalue weighted by Crippen LogP contribution is 2.25. The molecule has 12 heavy (non-hydrogen) atoms. The molecule has 64 valence electrons. The van der Waals surface area contributed by atoms with Crippen molar-refractivity contribution in [1.29, 1.82) is 0 Å². The first-order valence-electron chi connectivity index (χ1n) is 4.07. The quantitative estimate of drug-likeness (QED) is 0.642. The summed E-state index contributed by atoms with van der Waals surface area (Å²) < 4.78 is 13.1. The van der Waals surface area contributed by atoms with Gasteiger partial charge >= 0.3 is 0 Å². The zero-order valence-corrected chi connectivity index (χ0v) is 6.76. The number of anilines is 2. The fourth-order valence-corrected chi connectivity index (χ4v) is 1.33. The SMILES string of the molecule is Nc1ccc(F)c(N2CCC2)c1. The average molecular weight is 166 g/mol. The maximum Gasteiger partial charge on any atom is 0.146 e. The third kappa shape index (κ3) is 1.11. The minimum absolute atomic E-state index is 0.177. The van der Waals surface area contributed by atoms with Crippen molar-refractivity contribution < 1.29 is 4.39 Å². The van der Waals surface area contributed by atoms with Crippen LogP contribution in [0.15, 0.2) is 18.2 Å². The van der Waals surface area contributed by atoms with E-state index in [0.717, 1.165) is 19.5 Å². The van der Waals surface area contributed by atoms with Gasteiger partial charge in [-0.25, -0.2) is 4.39 Å². The normalized spacial score (nSPS) is 15.9. The van der Waals surface area contributed by atoms with Crippen LogP contribution in [-0.2, 0) is 0 Å². The molecular weight excluding hydrogens is 155 g/mol. The fourth-order valence-electron chi connectivity index (χ4n) is 1.33. The number of rotatable bonds is 1. The lowest BCUT2D eigenvalue weighted by molar-refractivity contribution is 0.573. The molecule has 2 rings (SSSR count). The van der Waals surface area contributed by atoms with Gasteiger partial charge in [0.25, 0.3) is 0 Å². The van der Waals surface area contributed by atoms with Crippen molar-refractivity contribution in [3.8, 4) is 0 Å². The first-order valence-corrected chi connectivity index (χ1v) is 4.07. The Morgan fingerprint density at radius 2 is 2.08 bits per heavy atom. The molecule has 1 aliphatic rings. The van der Waals surface area contributed by atoms with Crippen LogP contribution in [0.2, 0.25) is 0 Å². The fraction of sp³-hybridized carbons (Fsp3) is 0.333. The van der Waals surface area contributed by atoms with E-state index in [1.165, 1.54) is 6.07 Å². The van der Waals surface area contributed by atoms with Crippen LogP contribution in [0.5, 0.6) is 0 Å². The first-order chi connectivity index (χ1) is 5.77. The molecule has 1 fully saturated rings. The second kappa shape index (κ2) is 2.66. The lowest BCUT2D eigenvalue weighted by Crippen LogP contribution is -2.37. The Labute approximate surface area is 70.8 Å². The van der Waals surface area contributed by atoms with E-state index in [0.29, 0.717) is 11.4 Å². The van der Waals surface area contributed by atoms with E-state index in [1.807, 2.05) is 4.90 Å². The molecule has 1 saturated heterocycles. The van der Waals surface area contributed by atoms with Gasteiger partial charge in [-0.1, -0.05) is 0 Å². The topological polar surface area (TPSA) is 29.3 Å². The van der Waals surface area contributed by atoms with Crippen LogP contribution < -0.4 is 10.6 Å². The molecule has 0 atom stereocenters. The summed E-state index contributed by atoms with van der Waals surface area (Å²) >= 11 is 0. The second-order valence-electron chi connectivity index (χ2n) is 3.05. The van der Waals surface area contributed by atoms with Crippen molar-refractivity contribution in [2.75, 3.05) is 23.7 Å². The zero-order chi connectivity index (χ0) is 8.55. The predicted molar refractivity (Wildman–Crippen MR) is 47.6 cm³/mol. The highest BCUT2D eigenvalue weighted by atomic mass is 19.1. The number of nitrogens with zero attached hydrogens (tertiary/aromatic N) is 1. The Morgan fingerprint density at radius 1 is 1.33 bits per heavy atom. The van der Waals surface area contributed by atoms with Crippen LogP contribution in [0, 0.1) is 5.82 Å². The number of benzene rings is 1. The lowest BCUT2D eigenvalue weighted by Gasteiger charge is -2.33. The monoisotopic (exact) mass is 166 g/mol. The Morgan fingerprint density at radius 3 is 2.67 bits per heavy atom. The minimum atomic E-state index is -0.177. The van der Waals surface area contributed by atoms with Gasteiger partial charge < -0.3 is 10.6 Å². The van der Waals surface area contributed by atoms with Gasteiger partial charge in [0, 0.05) is 18.8 Å². The number of halogens is 1. The highest BCUT2D eigenvalue weighted by Gasteiger charge is 2.17.